The fourth-order valence-electron chi connectivity index (χ4n) is 1.53. The second kappa shape index (κ2) is 8.97. The zero-order chi connectivity index (χ0) is 11.6. The van der Waals surface area contributed by atoms with E-state index in [0.717, 1.165) is 45.2 Å². The maximum absolute atomic E-state index is 5.76. The van der Waals surface area contributed by atoms with E-state index in [0.29, 0.717) is 6.10 Å². The van der Waals surface area contributed by atoms with Gasteiger partial charge in [0.25, 0.3) is 0 Å². The summed E-state index contributed by atoms with van der Waals surface area (Å²) in [5, 5.41) is 3.50. The van der Waals surface area contributed by atoms with Crippen molar-refractivity contribution in [2.45, 2.75) is 58.1 Å². The van der Waals surface area contributed by atoms with Gasteiger partial charge in [0.2, 0.25) is 0 Å². The monoisotopic (exact) mass is 229 g/mol. The highest BCUT2D eigenvalue weighted by atomic mass is 16.5. The molecular formula is C13H27NO2. The molecule has 0 heterocycles. The van der Waals surface area contributed by atoms with Crippen molar-refractivity contribution in [2.75, 3.05) is 26.4 Å². The molecule has 1 unspecified atom stereocenters. The first-order valence-electron chi connectivity index (χ1n) is 6.79. The zero-order valence-corrected chi connectivity index (χ0v) is 10.8. The van der Waals surface area contributed by atoms with Crippen molar-refractivity contribution in [3.05, 3.63) is 0 Å². The highest BCUT2D eigenvalue weighted by Crippen LogP contribution is 2.18. The Morgan fingerprint density at radius 2 is 2.00 bits per heavy atom. The van der Waals surface area contributed by atoms with Gasteiger partial charge >= 0.3 is 0 Å². The molecule has 0 aromatic rings. The van der Waals surface area contributed by atoms with Gasteiger partial charge in [0, 0.05) is 19.2 Å². The highest BCUT2D eigenvalue weighted by molar-refractivity contribution is 4.81. The Balaban J connectivity index is 1.87. The molecule has 0 aromatic carbocycles. The van der Waals surface area contributed by atoms with Crippen molar-refractivity contribution < 1.29 is 9.47 Å². The van der Waals surface area contributed by atoms with E-state index in [9.17, 15) is 0 Å². The van der Waals surface area contributed by atoms with Crippen LogP contribution >= 0.6 is 0 Å². The molecule has 1 aliphatic carbocycles. The Hall–Kier alpha value is -0.120. The maximum Gasteiger partial charge on any atom is 0.0704 e. The lowest BCUT2D eigenvalue weighted by Crippen LogP contribution is -2.31. The van der Waals surface area contributed by atoms with Crippen LogP contribution in [0.25, 0.3) is 0 Å². The molecule has 0 radical (unpaired) electrons. The van der Waals surface area contributed by atoms with Crippen LogP contribution in [0.2, 0.25) is 0 Å². The van der Waals surface area contributed by atoms with Crippen LogP contribution in [-0.4, -0.2) is 38.5 Å². The van der Waals surface area contributed by atoms with E-state index < -0.39 is 0 Å². The molecule has 1 saturated carbocycles. The summed E-state index contributed by atoms with van der Waals surface area (Å²) in [6.45, 7) is 7.69. The van der Waals surface area contributed by atoms with Gasteiger partial charge in [-0.15, -0.1) is 0 Å². The Labute approximate surface area is 99.9 Å². The number of unbranched alkanes of at least 4 members (excludes halogenated alkanes) is 1. The second-order valence-corrected chi connectivity index (χ2v) is 4.55. The van der Waals surface area contributed by atoms with Crippen LogP contribution in [0.4, 0.5) is 0 Å². The molecule has 3 heteroatoms. The maximum atomic E-state index is 5.76. The van der Waals surface area contributed by atoms with Gasteiger partial charge in [-0.1, -0.05) is 20.3 Å². The van der Waals surface area contributed by atoms with E-state index in [1.54, 1.807) is 0 Å². The van der Waals surface area contributed by atoms with Crippen molar-refractivity contribution in [1.82, 2.24) is 5.32 Å². The quantitative estimate of drug-likeness (QED) is 0.552. The third-order valence-corrected chi connectivity index (χ3v) is 2.89. The molecule has 0 aromatic heterocycles. The highest BCUT2D eigenvalue weighted by Gasteiger charge is 2.21. The minimum atomic E-state index is 0.357. The lowest BCUT2D eigenvalue weighted by Gasteiger charge is -2.16. The first-order valence-corrected chi connectivity index (χ1v) is 6.79. The molecule has 0 spiro atoms. The Morgan fingerprint density at radius 1 is 1.19 bits per heavy atom. The number of hydrogen-bond acceptors (Lipinski definition) is 3. The van der Waals surface area contributed by atoms with Crippen LogP contribution in [-0.2, 0) is 9.47 Å². The van der Waals surface area contributed by atoms with E-state index >= 15 is 0 Å². The summed E-state index contributed by atoms with van der Waals surface area (Å²) in [6.07, 6.45) is 6.47. The predicted octanol–water partition coefficient (Wildman–Crippen LogP) is 2.35. The largest absolute Gasteiger partial charge is 0.379 e. The topological polar surface area (TPSA) is 30.5 Å². The standard InChI is InChI=1S/C13H27NO2/c1-3-5-8-15-9-10-16-13(4-2)11-14-12-6-7-12/h12-14H,3-11H2,1-2H3. The third-order valence-electron chi connectivity index (χ3n) is 2.89. The molecule has 0 saturated heterocycles. The van der Waals surface area contributed by atoms with Crippen LogP contribution in [0.1, 0.15) is 46.0 Å². The lowest BCUT2D eigenvalue weighted by molar-refractivity contribution is 0.00319. The molecular weight excluding hydrogens is 202 g/mol. The molecule has 0 aliphatic heterocycles. The van der Waals surface area contributed by atoms with Crippen molar-refractivity contribution >= 4 is 0 Å². The minimum absolute atomic E-state index is 0.357. The van der Waals surface area contributed by atoms with E-state index in [1.165, 1.54) is 19.3 Å². The van der Waals surface area contributed by atoms with Crippen LogP contribution in [0.5, 0.6) is 0 Å². The first kappa shape index (κ1) is 13.9. The fourth-order valence-corrected chi connectivity index (χ4v) is 1.53. The normalized spacial score (nSPS) is 17.6. The number of hydrogen-bond donors (Lipinski definition) is 1. The second-order valence-electron chi connectivity index (χ2n) is 4.55. The molecule has 0 bridgehead atoms. The molecule has 1 N–H and O–H groups in total. The summed E-state index contributed by atoms with van der Waals surface area (Å²) < 4.78 is 11.2. The summed E-state index contributed by atoms with van der Waals surface area (Å²) >= 11 is 0. The number of rotatable bonds is 11. The summed E-state index contributed by atoms with van der Waals surface area (Å²) in [5.41, 5.74) is 0. The van der Waals surface area contributed by atoms with Crippen molar-refractivity contribution in [2.24, 2.45) is 0 Å². The van der Waals surface area contributed by atoms with Gasteiger partial charge in [-0.05, 0) is 25.7 Å². The number of ether oxygens (including phenoxy) is 2. The Morgan fingerprint density at radius 3 is 2.62 bits per heavy atom. The summed E-state index contributed by atoms with van der Waals surface area (Å²) in [4.78, 5) is 0. The van der Waals surface area contributed by atoms with Gasteiger partial charge in [-0.2, -0.15) is 0 Å². The fraction of sp³-hybridized carbons (Fsp3) is 1.00. The molecule has 1 rings (SSSR count). The van der Waals surface area contributed by atoms with E-state index in [2.05, 4.69) is 19.2 Å². The van der Waals surface area contributed by atoms with Gasteiger partial charge in [-0.3, -0.25) is 0 Å². The van der Waals surface area contributed by atoms with Crippen LogP contribution < -0.4 is 5.32 Å². The molecule has 96 valence electrons. The SMILES string of the molecule is CCCCOCCOC(CC)CNC1CC1. The van der Waals surface area contributed by atoms with E-state index in [-0.39, 0.29) is 0 Å². The van der Waals surface area contributed by atoms with Crippen LogP contribution in [0, 0.1) is 0 Å². The summed E-state index contributed by atoms with van der Waals surface area (Å²) in [5.74, 6) is 0. The Bertz CT molecular complexity index is 160. The molecule has 16 heavy (non-hydrogen) atoms. The number of nitrogens with one attached hydrogen (secondary N) is 1. The smallest absolute Gasteiger partial charge is 0.0704 e. The third kappa shape index (κ3) is 7.20. The predicted molar refractivity (Wildman–Crippen MR) is 66.8 cm³/mol. The average Bonchev–Trinajstić information content (AvgIpc) is 3.11. The first-order chi connectivity index (χ1) is 7.86. The van der Waals surface area contributed by atoms with Gasteiger partial charge in [-0.25, -0.2) is 0 Å². The average molecular weight is 229 g/mol. The van der Waals surface area contributed by atoms with E-state index in [4.69, 9.17) is 9.47 Å². The van der Waals surface area contributed by atoms with Gasteiger partial charge in [0.05, 0.1) is 19.3 Å². The molecule has 0 amide bonds. The van der Waals surface area contributed by atoms with Crippen LogP contribution in [0.15, 0.2) is 0 Å². The van der Waals surface area contributed by atoms with Crippen molar-refractivity contribution in [3.63, 3.8) is 0 Å². The Kier molecular flexibility index (Phi) is 7.81. The molecule has 1 atom stereocenters. The van der Waals surface area contributed by atoms with Gasteiger partial charge < -0.3 is 14.8 Å². The zero-order valence-electron chi connectivity index (χ0n) is 10.8. The van der Waals surface area contributed by atoms with E-state index in [1.807, 2.05) is 0 Å². The van der Waals surface area contributed by atoms with Crippen LogP contribution in [0.3, 0.4) is 0 Å². The molecule has 3 nitrogen and oxygen atoms in total. The van der Waals surface area contributed by atoms with Gasteiger partial charge in [0.1, 0.15) is 0 Å². The van der Waals surface area contributed by atoms with Crippen molar-refractivity contribution in [3.8, 4) is 0 Å². The summed E-state index contributed by atoms with van der Waals surface area (Å²) in [6, 6.07) is 0.776. The van der Waals surface area contributed by atoms with Crippen molar-refractivity contribution in [1.29, 1.82) is 0 Å². The minimum Gasteiger partial charge on any atom is -0.379 e. The molecule has 1 aliphatic rings. The van der Waals surface area contributed by atoms with Gasteiger partial charge in [0.15, 0.2) is 0 Å². The summed E-state index contributed by atoms with van der Waals surface area (Å²) in [7, 11) is 0. The molecule has 1 fully saturated rings. The lowest BCUT2D eigenvalue weighted by atomic mass is 10.3.